The molecule has 1 fully saturated rings. The van der Waals surface area contributed by atoms with Gasteiger partial charge >= 0.3 is 0 Å². The third-order valence-corrected chi connectivity index (χ3v) is 2.09. The van der Waals surface area contributed by atoms with E-state index < -0.39 is 5.91 Å². The second-order valence-corrected chi connectivity index (χ2v) is 3.44. The largest absolute Gasteiger partial charge is 0.490 e. The van der Waals surface area contributed by atoms with Crippen LogP contribution in [0.5, 0.6) is 5.75 Å². The number of nitrogen functional groups attached to an aromatic ring is 1. The van der Waals surface area contributed by atoms with Crippen molar-refractivity contribution >= 4 is 11.6 Å². The predicted octanol–water partition coefficient (Wildman–Crippen LogP) is 0.909. The van der Waals surface area contributed by atoms with Crippen molar-refractivity contribution in [3.05, 3.63) is 23.8 Å². The lowest BCUT2D eigenvalue weighted by Crippen LogP contribution is -2.14. The molecule has 1 aromatic carbocycles. The molecule has 0 unspecified atom stereocenters. The molecule has 14 heavy (non-hydrogen) atoms. The van der Waals surface area contributed by atoms with E-state index in [1.807, 2.05) is 0 Å². The van der Waals surface area contributed by atoms with E-state index in [0.717, 1.165) is 12.8 Å². The maximum atomic E-state index is 11.1. The maximum Gasteiger partial charge on any atom is 0.252 e. The first-order chi connectivity index (χ1) is 6.66. The van der Waals surface area contributed by atoms with Gasteiger partial charge in [-0.05, 0) is 31.0 Å². The smallest absolute Gasteiger partial charge is 0.252 e. The standard InChI is InChI=1S/C10H12N2O2/c11-6-1-4-9(14-7-2-3-7)8(5-6)10(12)13/h1,4-5,7H,2-3,11H2,(H2,12,13). The van der Waals surface area contributed by atoms with Crippen molar-refractivity contribution in [1.29, 1.82) is 0 Å². The van der Waals surface area contributed by atoms with Gasteiger partial charge in [0.1, 0.15) is 5.75 Å². The summed E-state index contributed by atoms with van der Waals surface area (Å²) in [7, 11) is 0. The number of nitrogens with two attached hydrogens (primary N) is 2. The van der Waals surface area contributed by atoms with Crippen molar-refractivity contribution in [3.8, 4) is 5.75 Å². The van der Waals surface area contributed by atoms with Crippen molar-refractivity contribution in [2.75, 3.05) is 5.73 Å². The Kier molecular flexibility index (Phi) is 2.04. The van der Waals surface area contributed by atoms with Crippen LogP contribution in [0.15, 0.2) is 18.2 Å². The minimum atomic E-state index is -0.507. The zero-order valence-electron chi connectivity index (χ0n) is 7.69. The average Bonchev–Trinajstić information content (AvgIpc) is 2.91. The van der Waals surface area contributed by atoms with Gasteiger partial charge in [0.15, 0.2) is 0 Å². The van der Waals surface area contributed by atoms with Gasteiger partial charge in [-0.3, -0.25) is 4.79 Å². The normalized spacial score (nSPS) is 15.1. The Morgan fingerprint density at radius 1 is 1.43 bits per heavy atom. The molecule has 0 saturated heterocycles. The third-order valence-electron chi connectivity index (χ3n) is 2.09. The Hall–Kier alpha value is -1.71. The van der Waals surface area contributed by atoms with E-state index in [0.29, 0.717) is 17.0 Å². The zero-order chi connectivity index (χ0) is 10.1. The Bertz CT molecular complexity index is 372. The highest BCUT2D eigenvalue weighted by Crippen LogP contribution is 2.29. The average molecular weight is 192 g/mol. The minimum absolute atomic E-state index is 0.247. The molecular formula is C10H12N2O2. The highest BCUT2D eigenvalue weighted by molar-refractivity contribution is 5.96. The van der Waals surface area contributed by atoms with Crippen molar-refractivity contribution in [1.82, 2.24) is 0 Å². The van der Waals surface area contributed by atoms with Gasteiger partial charge < -0.3 is 16.2 Å². The van der Waals surface area contributed by atoms with Gasteiger partial charge in [0.2, 0.25) is 0 Å². The molecule has 4 nitrogen and oxygen atoms in total. The van der Waals surface area contributed by atoms with Gasteiger partial charge in [0, 0.05) is 5.69 Å². The summed E-state index contributed by atoms with van der Waals surface area (Å²) in [4.78, 5) is 11.1. The SMILES string of the molecule is NC(=O)c1cc(N)ccc1OC1CC1. The molecule has 0 aromatic heterocycles. The lowest BCUT2D eigenvalue weighted by Gasteiger charge is -2.08. The topological polar surface area (TPSA) is 78.3 Å². The fourth-order valence-electron chi connectivity index (χ4n) is 1.21. The van der Waals surface area contributed by atoms with Crippen LogP contribution >= 0.6 is 0 Å². The van der Waals surface area contributed by atoms with Crippen LogP contribution in [0.25, 0.3) is 0 Å². The minimum Gasteiger partial charge on any atom is -0.490 e. The molecular weight excluding hydrogens is 180 g/mol. The fraction of sp³-hybridized carbons (Fsp3) is 0.300. The van der Waals surface area contributed by atoms with Crippen molar-refractivity contribution < 1.29 is 9.53 Å². The molecule has 4 N–H and O–H groups in total. The van der Waals surface area contributed by atoms with Gasteiger partial charge in [0.25, 0.3) is 5.91 Å². The lowest BCUT2D eigenvalue weighted by molar-refractivity contribution is 0.0996. The van der Waals surface area contributed by atoms with Gasteiger partial charge in [0.05, 0.1) is 11.7 Å². The molecule has 1 aliphatic carbocycles. The summed E-state index contributed by atoms with van der Waals surface area (Å²) in [6.07, 6.45) is 2.34. The highest BCUT2D eigenvalue weighted by Gasteiger charge is 2.25. The molecule has 1 saturated carbocycles. The second kappa shape index (κ2) is 3.21. The van der Waals surface area contributed by atoms with Crippen molar-refractivity contribution in [2.24, 2.45) is 5.73 Å². The number of primary amides is 1. The zero-order valence-corrected chi connectivity index (χ0v) is 7.69. The molecule has 0 radical (unpaired) electrons. The summed E-state index contributed by atoms with van der Waals surface area (Å²) < 4.78 is 5.52. The van der Waals surface area contributed by atoms with Crippen LogP contribution in [0.2, 0.25) is 0 Å². The second-order valence-electron chi connectivity index (χ2n) is 3.44. The van der Waals surface area contributed by atoms with E-state index in [2.05, 4.69) is 0 Å². The number of carbonyl (C=O) groups excluding carboxylic acids is 1. The maximum absolute atomic E-state index is 11.1. The van der Waals surface area contributed by atoms with E-state index >= 15 is 0 Å². The summed E-state index contributed by atoms with van der Waals surface area (Å²) in [6.45, 7) is 0. The summed E-state index contributed by atoms with van der Waals surface area (Å²) in [5.74, 6) is 0.0298. The Labute approximate surface area is 81.8 Å². The summed E-state index contributed by atoms with van der Waals surface area (Å²) in [5.41, 5.74) is 11.6. The highest BCUT2D eigenvalue weighted by atomic mass is 16.5. The summed E-state index contributed by atoms with van der Waals surface area (Å²) in [6, 6.07) is 4.93. The molecule has 0 spiro atoms. The molecule has 4 heteroatoms. The van der Waals surface area contributed by atoms with E-state index in [9.17, 15) is 4.79 Å². The number of anilines is 1. The molecule has 1 aliphatic rings. The van der Waals surface area contributed by atoms with Crippen LogP contribution in [-0.4, -0.2) is 12.0 Å². The quantitative estimate of drug-likeness (QED) is 0.698. The number of rotatable bonds is 3. The van der Waals surface area contributed by atoms with Crippen molar-refractivity contribution in [2.45, 2.75) is 18.9 Å². The number of hydrogen-bond donors (Lipinski definition) is 2. The lowest BCUT2D eigenvalue weighted by atomic mass is 10.1. The van der Waals surface area contributed by atoms with Crippen LogP contribution in [0.3, 0.4) is 0 Å². The van der Waals surface area contributed by atoms with Gasteiger partial charge in [-0.25, -0.2) is 0 Å². The third kappa shape index (κ3) is 1.79. The van der Waals surface area contributed by atoms with Crippen LogP contribution in [0.1, 0.15) is 23.2 Å². The van der Waals surface area contributed by atoms with Gasteiger partial charge in [-0.2, -0.15) is 0 Å². The number of ether oxygens (including phenoxy) is 1. The monoisotopic (exact) mass is 192 g/mol. The first-order valence-corrected chi connectivity index (χ1v) is 4.53. The molecule has 0 aliphatic heterocycles. The Balaban J connectivity index is 2.31. The number of amides is 1. The number of hydrogen-bond acceptors (Lipinski definition) is 3. The molecule has 0 atom stereocenters. The van der Waals surface area contributed by atoms with Crippen LogP contribution in [0.4, 0.5) is 5.69 Å². The van der Waals surface area contributed by atoms with E-state index in [1.165, 1.54) is 0 Å². The molecule has 74 valence electrons. The number of benzene rings is 1. The first-order valence-electron chi connectivity index (χ1n) is 4.53. The Morgan fingerprint density at radius 3 is 2.71 bits per heavy atom. The molecule has 1 aromatic rings. The fourth-order valence-corrected chi connectivity index (χ4v) is 1.21. The van der Waals surface area contributed by atoms with Crippen LogP contribution in [0, 0.1) is 0 Å². The van der Waals surface area contributed by atoms with E-state index in [1.54, 1.807) is 18.2 Å². The molecule has 0 heterocycles. The van der Waals surface area contributed by atoms with E-state index in [-0.39, 0.29) is 6.10 Å². The van der Waals surface area contributed by atoms with E-state index in [4.69, 9.17) is 16.2 Å². The summed E-state index contributed by atoms with van der Waals surface area (Å²) in [5, 5.41) is 0. The Morgan fingerprint density at radius 2 is 2.14 bits per heavy atom. The van der Waals surface area contributed by atoms with Gasteiger partial charge in [-0.1, -0.05) is 0 Å². The molecule has 1 amide bonds. The molecule has 2 rings (SSSR count). The predicted molar refractivity (Wildman–Crippen MR) is 53.0 cm³/mol. The van der Waals surface area contributed by atoms with Crippen LogP contribution < -0.4 is 16.2 Å². The van der Waals surface area contributed by atoms with Gasteiger partial charge in [-0.15, -0.1) is 0 Å². The molecule has 0 bridgehead atoms. The first kappa shape index (κ1) is 8.87. The van der Waals surface area contributed by atoms with Crippen LogP contribution in [-0.2, 0) is 0 Å². The van der Waals surface area contributed by atoms with Crippen molar-refractivity contribution in [3.63, 3.8) is 0 Å². The number of carbonyl (C=O) groups is 1. The summed E-state index contributed by atoms with van der Waals surface area (Å²) >= 11 is 0.